The van der Waals surface area contributed by atoms with Crippen LogP contribution in [-0.4, -0.2) is 40.7 Å². The minimum Gasteiger partial charge on any atom is -0.493 e. The van der Waals surface area contributed by atoms with E-state index in [9.17, 15) is 9.59 Å². The summed E-state index contributed by atoms with van der Waals surface area (Å²) in [7, 11) is 3.22. The monoisotopic (exact) mass is 395 g/mol. The van der Waals surface area contributed by atoms with Crippen molar-refractivity contribution in [3.05, 3.63) is 58.0 Å². The second-order valence-electron chi connectivity index (χ2n) is 7.14. The largest absolute Gasteiger partial charge is 0.493 e. The molecule has 1 aromatic heterocycles. The SMILES string of the molecule is CCn1c(=O)n(CC(=O)N2CCc3cc(OC)c(OC)cc3C2)c2ccccc21. The van der Waals surface area contributed by atoms with Gasteiger partial charge in [0.25, 0.3) is 0 Å². The predicted octanol–water partition coefficient (Wildman–Crippen LogP) is 2.42. The number of nitrogens with zero attached hydrogens (tertiary/aromatic N) is 3. The highest BCUT2D eigenvalue weighted by molar-refractivity contribution is 5.81. The molecule has 0 aliphatic carbocycles. The third-order valence-corrected chi connectivity index (χ3v) is 5.61. The summed E-state index contributed by atoms with van der Waals surface area (Å²) in [6, 6.07) is 11.5. The Hall–Kier alpha value is -3.22. The molecule has 0 saturated carbocycles. The molecular weight excluding hydrogens is 370 g/mol. The van der Waals surface area contributed by atoms with Gasteiger partial charge in [-0.3, -0.25) is 13.9 Å². The van der Waals surface area contributed by atoms with Crippen molar-refractivity contribution < 1.29 is 14.3 Å². The molecule has 0 unspecified atom stereocenters. The maximum Gasteiger partial charge on any atom is 0.329 e. The first-order chi connectivity index (χ1) is 14.1. The van der Waals surface area contributed by atoms with Crippen molar-refractivity contribution in [1.29, 1.82) is 0 Å². The third-order valence-electron chi connectivity index (χ3n) is 5.61. The van der Waals surface area contributed by atoms with Crippen molar-refractivity contribution in [2.24, 2.45) is 0 Å². The molecule has 2 heterocycles. The van der Waals surface area contributed by atoms with Crippen LogP contribution in [-0.2, 0) is 30.8 Å². The summed E-state index contributed by atoms with van der Waals surface area (Å²) in [5.41, 5.74) is 3.70. The number of aryl methyl sites for hydroxylation is 1. The van der Waals surface area contributed by atoms with E-state index >= 15 is 0 Å². The van der Waals surface area contributed by atoms with Crippen molar-refractivity contribution in [2.45, 2.75) is 33.0 Å². The van der Waals surface area contributed by atoms with E-state index in [4.69, 9.17) is 9.47 Å². The van der Waals surface area contributed by atoms with Crippen LogP contribution < -0.4 is 15.2 Å². The Morgan fingerprint density at radius 1 is 1.00 bits per heavy atom. The molecule has 1 aliphatic rings. The Morgan fingerprint density at radius 2 is 1.62 bits per heavy atom. The quantitative estimate of drug-likeness (QED) is 0.666. The van der Waals surface area contributed by atoms with E-state index in [0.29, 0.717) is 31.1 Å². The number of imidazole rings is 1. The highest BCUT2D eigenvalue weighted by Crippen LogP contribution is 2.33. The Morgan fingerprint density at radius 3 is 2.24 bits per heavy atom. The van der Waals surface area contributed by atoms with Gasteiger partial charge in [-0.25, -0.2) is 4.79 Å². The molecule has 0 radical (unpaired) electrons. The van der Waals surface area contributed by atoms with Gasteiger partial charge in [-0.1, -0.05) is 12.1 Å². The molecule has 0 saturated heterocycles. The normalized spacial score (nSPS) is 13.4. The van der Waals surface area contributed by atoms with Crippen molar-refractivity contribution >= 4 is 16.9 Å². The Balaban J connectivity index is 1.61. The highest BCUT2D eigenvalue weighted by Gasteiger charge is 2.24. The zero-order valence-corrected chi connectivity index (χ0v) is 17.0. The van der Waals surface area contributed by atoms with Crippen LogP contribution in [0, 0.1) is 0 Å². The molecule has 0 bridgehead atoms. The predicted molar refractivity (Wildman–Crippen MR) is 111 cm³/mol. The number of para-hydroxylation sites is 2. The Labute approximate surface area is 169 Å². The van der Waals surface area contributed by atoms with Crippen LogP contribution in [0.1, 0.15) is 18.1 Å². The van der Waals surface area contributed by atoms with E-state index in [1.165, 1.54) is 0 Å². The van der Waals surface area contributed by atoms with E-state index in [1.54, 1.807) is 28.3 Å². The number of hydrogen-bond donors (Lipinski definition) is 0. The van der Waals surface area contributed by atoms with Crippen LogP contribution in [0.3, 0.4) is 0 Å². The fraction of sp³-hybridized carbons (Fsp3) is 0.364. The molecule has 0 fully saturated rings. The Bertz CT molecular complexity index is 1130. The molecule has 7 heteroatoms. The molecule has 0 N–H and O–H groups in total. The van der Waals surface area contributed by atoms with Gasteiger partial charge in [0, 0.05) is 19.6 Å². The lowest BCUT2D eigenvalue weighted by molar-refractivity contribution is -0.132. The lowest BCUT2D eigenvalue weighted by atomic mass is 9.98. The number of hydrogen-bond acceptors (Lipinski definition) is 4. The number of amides is 1. The number of carbonyl (C=O) groups is 1. The highest BCUT2D eigenvalue weighted by atomic mass is 16.5. The molecular formula is C22H25N3O4. The van der Waals surface area contributed by atoms with Gasteiger partial charge < -0.3 is 14.4 Å². The summed E-state index contributed by atoms with van der Waals surface area (Å²) in [4.78, 5) is 27.7. The van der Waals surface area contributed by atoms with Crippen molar-refractivity contribution in [2.75, 3.05) is 20.8 Å². The topological polar surface area (TPSA) is 65.7 Å². The van der Waals surface area contributed by atoms with Gasteiger partial charge in [0.05, 0.1) is 25.3 Å². The molecule has 29 heavy (non-hydrogen) atoms. The summed E-state index contributed by atoms with van der Waals surface area (Å²) < 4.78 is 14.0. The first-order valence-corrected chi connectivity index (χ1v) is 9.77. The number of carbonyl (C=O) groups excluding carboxylic acids is 1. The van der Waals surface area contributed by atoms with Crippen molar-refractivity contribution in [3.8, 4) is 11.5 Å². The lowest BCUT2D eigenvalue weighted by Crippen LogP contribution is -2.39. The fourth-order valence-corrected chi connectivity index (χ4v) is 4.06. The zero-order chi connectivity index (χ0) is 20.5. The minimum absolute atomic E-state index is 0.0367. The van der Waals surface area contributed by atoms with Crippen LogP contribution in [0.2, 0.25) is 0 Å². The minimum atomic E-state index is -0.147. The van der Waals surface area contributed by atoms with E-state index in [1.807, 2.05) is 43.3 Å². The van der Waals surface area contributed by atoms with Crippen LogP contribution in [0.5, 0.6) is 11.5 Å². The number of aromatic nitrogens is 2. The maximum absolute atomic E-state index is 13.0. The van der Waals surface area contributed by atoms with E-state index in [2.05, 4.69) is 0 Å². The zero-order valence-electron chi connectivity index (χ0n) is 17.0. The number of methoxy groups -OCH3 is 2. The van der Waals surface area contributed by atoms with E-state index < -0.39 is 0 Å². The van der Waals surface area contributed by atoms with Gasteiger partial charge >= 0.3 is 5.69 Å². The molecule has 0 spiro atoms. The molecule has 1 amide bonds. The molecule has 1 aliphatic heterocycles. The molecule has 7 nitrogen and oxygen atoms in total. The van der Waals surface area contributed by atoms with E-state index in [0.717, 1.165) is 28.6 Å². The third kappa shape index (κ3) is 3.26. The molecule has 0 atom stereocenters. The van der Waals surface area contributed by atoms with Gasteiger partial charge in [0.1, 0.15) is 6.54 Å². The van der Waals surface area contributed by atoms with Crippen LogP contribution >= 0.6 is 0 Å². The summed E-state index contributed by atoms with van der Waals surface area (Å²) in [5, 5.41) is 0. The first kappa shape index (κ1) is 19.1. The first-order valence-electron chi connectivity index (χ1n) is 9.77. The number of rotatable bonds is 5. The van der Waals surface area contributed by atoms with Gasteiger partial charge in [-0.05, 0) is 48.7 Å². The van der Waals surface area contributed by atoms with Crippen LogP contribution in [0.4, 0.5) is 0 Å². The smallest absolute Gasteiger partial charge is 0.329 e. The number of ether oxygens (including phenoxy) is 2. The standard InChI is InChI=1S/C22H25N3O4/c1-4-24-17-7-5-6-8-18(17)25(22(24)27)14-21(26)23-10-9-15-11-19(28-2)20(29-3)12-16(15)13-23/h5-8,11-12H,4,9-10,13-14H2,1-3H3. The number of fused-ring (bicyclic) bond motifs is 2. The van der Waals surface area contributed by atoms with E-state index in [-0.39, 0.29) is 18.1 Å². The van der Waals surface area contributed by atoms with Crippen LogP contribution in [0.15, 0.2) is 41.2 Å². The number of benzene rings is 2. The average molecular weight is 395 g/mol. The van der Waals surface area contributed by atoms with Gasteiger partial charge in [-0.2, -0.15) is 0 Å². The molecule has 152 valence electrons. The molecule has 4 rings (SSSR count). The van der Waals surface area contributed by atoms with Gasteiger partial charge in [-0.15, -0.1) is 0 Å². The Kier molecular flexibility index (Phi) is 5.05. The van der Waals surface area contributed by atoms with Gasteiger partial charge in [0.2, 0.25) is 5.91 Å². The van der Waals surface area contributed by atoms with Gasteiger partial charge in [0.15, 0.2) is 11.5 Å². The van der Waals surface area contributed by atoms with Crippen molar-refractivity contribution in [3.63, 3.8) is 0 Å². The molecule has 2 aromatic carbocycles. The average Bonchev–Trinajstić information content (AvgIpc) is 3.02. The van der Waals surface area contributed by atoms with Crippen LogP contribution in [0.25, 0.3) is 11.0 Å². The van der Waals surface area contributed by atoms with Crippen molar-refractivity contribution in [1.82, 2.24) is 14.0 Å². The summed E-state index contributed by atoms with van der Waals surface area (Å²) in [5.74, 6) is 1.29. The maximum atomic E-state index is 13.0. The summed E-state index contributed by atoms with van der Waals surface area (Å²) >= 11 is 0. The molecule has 3 aromatic rings. The summed E-state index contributed by atoms with van der Waals surface area (Å²) in [6.45, 7) is 3.65. The summed E-state index contributed by atoms with van der Waals surface area (Å²) in [6.07, 6.45) is 0.743. The fourth-order valence-electron chi connectivity index (χ4n) is 4.06. The second-order valence-corrected chi connectivity index (χ2v) is 7.14. The lowest BCUT2D eigenvalue weighted by Gasteiger charge is -2.29. The second kappa shape index (κ2) is 7.66.